The summed E-state index contributed by atoms with van der Waals surface area (Å²) < 4.78 is 0. The van der Waals surface area contributed by atoms with Gasteiger partial charge in [0.1, 0.15) is 0 Å². The van der Waals surface area contributed by atoms with Crippen LogP contribution in [0.4, 0.5) is 0 Å². The number of aliphatic hydroxyl groups excluding tert-OH is 2. The Balaban J connectivity index is -0.0000000600. The van der Waals surface area contributed by atoms with E-state index in [-0.39, 0.29) is 13.2 Å². The van der Waals surface area contributed by atoms with Crippen LogP contribution in [0.3, 0.4) is 0 Å². The first-order valence-corrected chi connectivity index (χ1v) is 3.16. The minimum Gasteiger partial charge on any atom is -0.397 e. The average molecular weight is 137 g/mol. The Kier molecular flexibility index (Phi) is 79.7. The van der Waals surface area contributed by atoms with E-state index in [0.717, 1.165) is 6.54 Å². The second-order valence-electron chi connectivity index (χ2n) is 1.04. The minimum atomic E-state index is 0.250. The van der Waals surface area contributed by atoms with Crippen LogP contribution in [0.15, 0.2) is 0 Å². The standard InChI is InChI=1S/C2H7N.2C2H6O/c3*1-2-3/h2-3H2,1H3;2*3H,2H2,1H3. The molecule has 0 amide bonds. The molecule has 0 saturated heterocycles. The normalized spacial score (nSPS) is 6.00. The lowest BCUT2D eigenvalue weighted by atomic mass is 10.8. The smallest absolute Gasteiger partial charge is 0.0402 e. The molecular formula is C6H19NO2. The zero-order valence-electron chi connectivity index (χ0n) is 6.59. The fourth-order valence-corrected chi connectivity index (χ4v) is 0. The van der Waals surface area contributed by atoms with Crippen molar-refractivity contribution in [3.8, 4) is 0 Å². The van der Waals surface area contributed by atoms with Crippen LogP contribution in [0.1, 0.15) is 20.8 Å². The van der Waals surface area contributed by atoms with Crippen LogP contribution < -0.4 is 5.73 Å². The molecule has 0 spiro atoms. The van der Waals surface area contributed by atoms with Gasteiger partial charge < -0.3 is 15.9 Å². The van der Waals surface area contributed by atoms with Gasteiger partial charge in [0.25, 0.3) is 0 Å². The quantitative estimate of drug-likeness (QED) is 0.439. The largest absolute Gasteiger partial charge is 0.397 e. The first kappa shape index (κ1) is 15.9. The Hall–Kier alpha value is -0.120. The van der Waals surface area contributed by atoms with Gasteiger partial charge in [-0.05, 0) is 20.4 Å². The third kappa shape index (κ3) is 18900. The molecule has 3 nitrogen and oxygen atoms in total. The number of aliphatic hydroxyl groups is 2. The van der Waals surface area contributed by atoms with Gasteiger partial charge in [-0.2, -0.15) is 0 Å². The van der Waals surface area contributed by atoms with Crippen LogP contribution in [-0.4, -0.2) is 30.0 Å². The van der Waals surface area contributed by atoms with Crippen molar-refractivity contribution in [2.24, 2.45) is 5.73 Å². The maximum absolute atomic E-state index is 7.57. The van der Waals surface area contributed by atoms with Gasteiger partial charge in [0.2, 0.25) is 0 Å². The first-order valence-electron chi connectivity index (χ1n) is 3.16. The number of hydrogen-bond acceptors (Lipinski definition) is 3. The summed E-state index contributed by atoms with van der Waals surface area (Å²) in [4.78, 5) is 0. The number of hydrogen-bond donors (Lipinski definition) is 3. The molecule has 0 aliphatic carbocycles. The molecule has 0 heterocycles. The third-order valence-corrected chi connectivity index (χ3v) is 0. The van der Waals surface area contributed by atoms with Crippen LogP contribution in [0, 0.1) is 0 Å². The second kappa shape index (κ2) is 45.0. The van der Waals surface area contributed by atoms with Crippen LogP contribution in [0.5, 0.6) is 0 Å². The van der Waals surface area contributed by atoms with E-state index < -0.39 is 0 Å². The molecule has 0 bridgehead atoms. The van der Waals surface area contributed by atoms with Crippen LogP contribution >= 0.6 is 0 Å². The van der Waals surface area contributed by atoms with Gasteiger partial charge in [-0.25, -0.2) is 0 Å². The molecule has 0 aromatic rings. The van der Waals surface area contributed by atoms with Gasteiger partial charge >= 0.3 is 0 Å². The Morgan fingerprint density at radius 1 is 1.00 bits per heavy atom. The van der Waals surface area contributed by atoms with Crippen molar-refractivity contribution in [3.05, 3.63) is 0 Å². The Morgan fingerprint density at radius 3 is 1.00 bits per heavy atom. The molecule has 0 aromatic heterocycles. The number of rotatable bonds is 0. The monoisotopic (exact) mass is 137 g/mol. The van der Waals surface area contributed by atoms with Gasteiger partial charge in [0, 0.05) is 13.2 Å². The van der Waals surface area contributed by atoms with Crippen molar-refractivity contribution in [2.45, 2.75) is 20.8 Å². The molecule has 4 N–H and O–H groups in total. The summed E-state index contributed by atoms with van der Waals surface area (Å²) in [7, 11) is 0. The van der Waals surface area contributed by atoms with Gasteiger partial charge in [-0.15, -0.1) is 0 Å². The molecule has 0 rings (SSSR count). The molecule has 0 aliphatic rings. The summed E-state index contributed by atoms with van der Waals surface area (Å²) in [6, 6.07) is 0. The lowest BCUT2D eigenvalue weighted by Crippen LogP contribution is -1.87. The highest BCUT2D eigenvalue weighted by atomic mass is 16.3. The van der Waals surface area contributed by atoms with Crippen molar-refractivity contribution in [1.29, 1.82) is 0 Å². The molecular weight excluding hydrogens is 118 g/mol. The van der Waals surface area contributed by atoms with E-state index in [1.54, 1.807) is 13.8 Å². The topological polar surface area (TPSA) is 66.5 Å². The molecule has 3 heteroatoms. The van der Waals surface area contributed by atoms with Gasteiger partial charge in [0.15, 0.2) is 0 Å². The summed E-state index contributed by atoms with van der Waals surface area (Å²) in [6.45, 7) is 6.51. The molecule has 9 heavy (non-hydrogen) atoms. The van der Waals surface area contributed by atoms with E-state index in [0.29, 0.717) is 0 Å². The molecule has 0 aliphatic heterocycles. The summed E-state index contributed by atoms with van der Waals surface area (Å²) in [5.41, 5.74) is 4.85. The second-order valence-corrected chi connectivity index (χ2v) is 1.04. The number of nitrogens with two attached hydrogens (primary N) is 1. The Morgan fingerprint density at radius 2 is 1.00 bits per heavy atom. The fourth-order valence-electron chi connectivity index (χ4n) is 0. The zero-order chi connectivity index (χ0) is 8.12. The predicted molar refractivity (Wildman–Crippen MR) is 40.2 cm³/mol. The van der Waals surface area contributed by atoms with E-state index >= 15 is 0 Å². The summed E-state index contributed by atoms with van der Waals surface area (Å²) in [5.74, 6) is 0. The molecule has 0 saturated carbocycles. The van der Waals surface area contributed by atoms with Crippen molar-refractivity contribution in [2.75, 3.05) is 19.8 Å². The van der Waals surface area contributed by atoms with Crippen molar-refractivity contribution in [3.63, 3.8) is 0 Å². The van der Waals surface area contributed by atoms with Gasteiger partial charge in [-0.1, -0.05) is 6.92 Å². The van der Waals surface area contributed by atoms with Crippen LogP contribution in [-0.2, 0) is 0 Å². The summed E-state index contributed by atoms with van der Waals surface area (Å²) in [6.07, 6.45) is 0. The third-order valence-electron chi connectivity index (χ3n) is 0. The first-order chi connectivity index (χ1) is 4.24. The van der Waals surface area contributed by atoms with E-state index in [1.807, 2.05) is 6.92 Å². The highest BCUT2D eigenvalue weighted by Gasteiger charge is 1.34. The molecule has 0 fully saturated rings. The van der Waals surface area contributed by atoms with E-state index in [4.69, 9.17) is 15.9 Å². The van der Waals surface area contributed by atoms with E-state index in [9.17, 15) is 0 Å². The van der Waals surface area contributed by atoms with Crippen LogP contribution in [0.2, 0.25) is 0 Å². The summed E-state index contributed by atoms with van der Waals surface area (Å²) >= 11 is 0. The molecule has 0 aromatic carbocycles. The highest BCUT2D eigenvalue weighted by Crippen LogP contribution is 1.30. The fraction of sp³-hybridized carbons (Fsp3) is 1.00. The lowest BCUT2D eigenvalue weighted by Gasteiger charge is -1.53. The van der Waals surface area contributed by atoms with Crippen molar-refractivity contribution >= 4 is 0 Å². The SMILES string of the molecule is CCN.CCO.CCO. The lowest BCUT2D eigenvalue weighted by molar-refractivity contribution is 0.318. The van der Waals surface area contributed by atoms with Gasteiger partial charge in [0.05, 0.1) is 0 Å². The maximum atomic E-state index is 7.57. The molecule has 0 unspecified atom stereocenters. The Bertz CT molecular complexity index is 15.8. The van der Waals surface area contributed by atoms with Gasteiger partial charge in [-0.3, -0.25) is 0 Å². The predicted octanol–water partition coefficient (Wildman–Crippen LogP) is -0.0378. The zero-order valence-corrected chi connectivity index (χ0v) is 6.59. The van der Waals surface area contributed by atoms with E-state index in [2.05, 4.69) is 0 Å². The van der Waals surface area contributed by atoms with Crippen molar-refractivity contribution in [1.82, 2.24) is 0 Å². The highest BCUT2D eigenvalue weighted by molar-refractivity contribution is 4.00. The maximum Gasteiger partial charge on any atom is 0.0402 e. The van der Waals surface area contributed by atoms with E-state index in [1.165, 1.54) is 0 Å². The van der Waals surface area contributed by atoms with Crippen LogP contribution in [0.25, 0.3) is 0 Å². The molecule has 60 valence electrons. The summed E-state index contributed by atoms with van der Waals surface area (Å²) in [5, 5.41) is 15.1. The molecule has 0 radical (unpaired) electrons. The molecule has 0 atom stereocenters. The minimum absolute atomic E-state index is 0.250. The average Bonchev–Trinajstić information content (AvgIpc) is 1.70. The van der Waals surface area contributed by atoms with Crippen molar-refractivity contribution < 1.29 is 10.2 Å². The Labute approximate surface area is 57.5 Å².